The molecule has 13 heavy (non-hydrogen) atoms. The molecule has 0 aliphatic heterocycles. The maximum atomic E-state index is 9.14. The van der Waals surface area contributed by atoms with Crippen molar-refractivity contribution in [3.63, 3.8) is 0 Å². The highest BCUT2D eigenvalue weighted by molar-refractivity contribution is 9.10. The van der Waals surface area contributed by atoms with Crippen LogP contribution in [0.2, 0.25) is 5.02 Å². The zero-order valence-electron chi connectivity index (χ0n) is 7.43. The Balaban J connectivity index is 2.75. The lowest BCUT2D eigenvalue weighted by Crippen LogP contribution is -2.02. The minimum Gasteiger partial charge on any atom is -0.393 e. The van der Waals surface area contributed by atoms with Crippen molar-refractivity contribution in [2.24, 2.45) is 0 Å². The van der Waals surface area contributed by atoms with E-state index in [1.54, 1.807) is 6.92 Å². The van der Waals surface area contributed by atoms with Crippen molar-refractivity contribution in [2.45, 2.75) is 25.9 Å². The van der Waals surface area contributed by atoms with Gasteiger partial charge in [0.05, 0.1) is 6.10 Å². The summed E-state index contributed by atoms with van der Waals surface area (Å²) in [6.45, 7) is 1.78. The van der Waals surface area contributed by atoms with Gasteiger partial charge < -0.3 is 5.11 Å². The highest BCUT2D eigenvalue weighted by Gasteiger charge is 2.05. The molecule has 1 aromatic rings. The molecule has 0 heterocycles. The van der Waals surface area contributed by atoms with Gasteiger partial charge in [-0.2, -0.15) is 0 Å². The Morgan fingerprint density at radius 1 is 1.54 bits per heavy atom. The van der Waals surface area contributed by atoms with Crippen LogP contribution in [0, 0.1) is 0 Å². The van der Waals surface area contributed by atoms with E-state index in [9.17, 15) is 0 Å². The minimum absolute atomic E-state index is 0.275. The van der Waals surface area contributed by atoms with Gasteiger partial charge in [0.1, 0.15) is 0 Å². The second kappa shape index (κ2) is 4.99. The summed E-state index contributed by atoms with van der Waals surface area (Å²) in [5.41, 5.74) is 1.07. The van der Waals surface area contributed by atoms with Crippen LogP contribution in [0.15, 0.2) is 22.7 Å². The van der Waals surface area contributed by atoms with E-state index >= 15 is 0 Å². The van der Waals surface area contributed by atoms with Crippen molar-refractivity contribution in [1.29, 1.82) is 0 Å². The lowest BCUT2D eigenvalue weighted by molar-refractivity contribution is 0.185. The zero-order valence-corrected chi connectivity index (χ0v) is 9.77. The molecule has 0 aliphatic rings. The number of hydrogen-bond donors (Lipinski definition) is 1. The van der Waals surface area contributed by atoms with Crippen LogP contribution in [0.3, 0.4) is 0 Å². The number of rotatable bonds is 3. The van der Waals surface area contributed by atoms with E-state index in [0.717, 1.165) is 27.9 Å². The Bertz CT molecular complexity index is 266. The molecule has 0 aromatic heterocycles. The fourth-order valence-corrected chi connectivity index (χ4v) is 2.07. The number of aliphatic hydroxyl groups excluding tert-OH is 1. The third kappa shape index (κ3) is 3.29. The smallest absolute Gasteiger partial charge is 0.0515 e. The molecule has 0 saturated carbocycles. The van der Waals surface area contributed by atoms with E-state index in [1.165, 1.54) is 0 Å². The van der Waals surface area contributed by atoms with Crippen LogP contribution >= 0.6 is 27.5 Å². The fourth-order valence-electron chi connectivity index (χ4n) is 1.12. The normalized spacial score (nSPS) is 12.9. The molecule has 72 valence electrons. The summed E-state index contributed by atoms with van der Waals surface area (Å²) in [6.07, 6.45) is 1.27. The maximum Gasteiger partial charge on any atom is 0.0515 e. The van der Waals surface area contributed by atoms with Crippen molar-refractivity contribution in [2.75, 3.05) is 0 Å². The monoisotopic (exact) mass is 262 g/mol. The van der Waals surface area contributed by atoms with E-state index < -0.39 is 0 Å². The van der Waals surface area contributed by atoms with Gasteiger partial charge in [-0.1, -0.05) is 33.6 Å². The number of benzene rings is 1. The molecule has 1 nitrogen and oxygen atoms in total. The predicted molar refractivity (Wildman–Crippen MR) is 59.2 cm³/mol. The summed E-state index contributed by atoms with van der Waals surface area (Å²) in [5.74, 6) is 0. The molecule has 0 fully saturated rings. The fraction of sp³-hybridized carbons (Fsp3) is 0.400. The highest BCUT2D eigenvalue weighted by atomic mass is 79.9. The van der Waals surface area contributed by atoms with E-state index in [-0.39, 0.29) is 6.10 Å². The van der Waals surface area contributed by atoms with Gasteiger partial charge in [0.25, 0.3) is 0 Å². The van der Waals surface area contributed by atoms with Gasteiger partial charge >= 0.3 is 0 Å². The predicted octanol–water partition coefficient (Wildman–Crippen LogP) is 3.42. The van der Waals surface area contributed by atoms with Gasteiger partial charge in [0.15, 0.2) is 0 Å². The number of aliphatic hydroxyl groups is 1. The van der Waals surface area contributed by atoms with Crippen molar-refractivity contribution in [3.05, 3.63) is 33.3 Å². The summed E-state index contributed by atoms with van der Waals surface area (Å²) < 4.78 is 1.01. The average molecular weight is 264 g/mol. The Morgan fingerprint density at radius 2 is 2.23 bits per heavy atom. The topological polar surface area (TPSA) is 20.2 Å². The SMILES string of the molecule is CC(O)CCc1c(Cl)cccc1Br. The largest absolute Gasteiger partial charge is 0.393 e. The average Bonchev–Trinajstić information content (AvgIpc) is 2.03. The van der Waals surface area contributed by atoms with Crippen LogP contribution in [0.1, 0.15) is 18.9 Å². The van der Waals surface area contributed by atoms with Gasteiger partial charge in [-0.15, -0.1) is 0 Å². The molecule has 0 amide bonds. The van der Waals surface area contributed by atoms with Crippen LogP contribution in [0.5, 0.6) is 0 Å². The summed E-state index contributed by atoms with van der Waals surface area (Å²) in [6, 6.07) is 5.73. The lowest BCUT2D eigenvalue weighted by atomic mass is 10.1. The molecule has 1 unspecified atom stereocenters. The van der Waals surface area contributed by atoms with Crippen LogP contribution < -0.4 is 0 Å². The molecule has 0 saturated heterocycles. The number of hydrogen-bond acceptors (Lipinski definition) is 1. The van der Waals surface area contributed by atoms with Gasteiger partial charge in [-0.3, -0.25) is 0 Å². The Kier molecular flexibility index (Phi) is 4.23. The van der Waals surface area contributed by atoms with Crippen molar-refractivity contribution in [3.8, 4) is 0 Å². The van der Waals surface area contributed by atoms with Gasteiger partial charge in [0.2, 0.25) is 0 Å². The van der Waals surface area contributed by atoms with E-state index in [1.807, 2.05) is 18.2 Å². The Morgan fingerprint density at radius 3 is 2.77 bits per heavy atom. The zero-order chi connectivity index (χ0) is 9.84. The molecule has 1 aromatic carbocycles. The lowest BCUT2D eigenvalue weighted by Gasteiger charge is -2.08. The van der Waals surface area contributed by atoms with Crippen LogP contribution in [0.25, 0.3) is 0 Å². The van der Waals surface area contributed by atoms with E-state index in [2.05, 4.69) is 15.9 Å². The quantitative estimate of drug-likeness (QED) is 0.886. The van der Waals surface area contributed by atoms with Gasteiger partial charge in [-0.25, -0.2) is 0 Å². The van der Waals surface area contributed by atoms with Crippen molar-refractivity contribution >= 4 is 27.5 Å². The first kappa shape index (κ1) is 11.0. The summed E-state index contributed by atoms with van der Waals surface area (Å²) in [4.78, 5) is 0. The van der Waals surface area contributed by atoms with Gasteiger partial charge in [-0.05, 0) is 37.5 Å². The van der Waals surface area contributed by atoms with Crippen molar-refractivity contribution < 1.29 is 5.11 Å². The second-order valence-electron chi connectivity index (χ2n) is 3.09. The molecule has 0 radical (unpaired) electrons. The second-order valence-corrected chi connectivity index (χ2v) is 4.35. The molecule has 1 rings (SSSR count). The van der Waals surface area contributed by atoms with Gasteiger partial charge in [0, 0.05) is 9.50 Å². The molecule has 1 atom stereocenters. The van der Waals surface area contributed by atoms with E-state index in [0.29, 0.717) is 0 Å². The first-order valence-corrected chi connectivity index (χ1v) is 5.39. The molecule has 0 spiro atoms. The standard InChI is InChI=1S/C10H12BrClO/c1-7(13)5-6-8-9(11)3-2-4-10(8)12/h2-4,7,13H,5-6H2,1H3. The summed E-state index contributed by atoms with van der Waals surface area (Å²) in [7, 11) is 0. The Hall–Kier alpha value is -0.0500. The Labute approximate surface area is 91.9 Å². The summed E-state index contributed by atoms with van der Waals surface area (Å²) in [5, 5.41) is 9.90. The maximum absolute atomic E-state index is 9.14. The van der Waals surface area contributed by atoms with Crippen LogP contribution in [-0.4, -0.2) is 11.2 Å². The first-order valence-electron chi connectivity index (χ1n) is 4.22. The summed E-state index contributed by atoms with van der Waals surface area (Å²) >= 11 is 9.43. The number of halogens is 2. The molecule has 1 N–H and O–H groups in total. The third-order valence-corrected chi connectivity index (χ3v) is 2.97. The molecular weight excluding hydrogens is 251 g/mol. The highest BCUT2D eigenvalue weighted by Crippen LogP contribution is 2.26. The van der Waals surface area contributed by atoms with Crippen molar-refractivity contribution in [1.82, 2.24) is 0 Å². The van der Waals surface area contributed by atoms with Crippen LogP contribution in [0.4, 0.5) is 0 Å². The minimum atomic E-state index is -0.275. The molecule has 0 aliphatic carbocycles. The van der Waals surface area contributed by atoms with E-state index in [4.69, 9.17) is 16.7 Å². The first-order chi connectivity index (χ1) is 6.11. The van der Waals surface area contributed by atoms with Crippen LogP contribution in [-0.2, 0) is 6.42 Å². The molecule has 0 bridgehead atoms. The third-order valence-electron chi connectivity index (χ3n) is 1.87. The molecular formula is C10H12BrClO. The molecule has 3 heteroatoms.